The van der Waals surface area contributed by atoms with Gasteiger partial charge < -0.3 is 19.2 Å². The van der Waals surface area contributed by atoms with Gasteiger partial charge in [0.1, 0.15) is 5.82 Å². The number of hydrogen-bond acceptors (Lipinski definition) is 5. The Bertz CT molecular complexity index is 1130. The van der Waals surface area contributed by atoms with E-state index in [1.807, 2.05) is 0 Å². The SMILES string of the molecule is COc1ccc2c(C)c(CC(=O)Nc3ccc(F)c(Cl)c3)c(=O)oc2c1OC. The Hall–Kier alpha value is -3.06. The first-order valence-electron chi connectivity index (χ1n) is 8.28. The summed E-state index contributed by atoms with van der Waals surface area (Å²) in [7, 11) is 2.93. The molecular weight excluding hydrogens is 389 g/mol. The predicted molar refractivity (Wildman–Crippen MR) is 104 cm³/mol. The number of aryl methyl sites for hydroxylation is 1. The van der Waals surface area contributed by atoms with Crippen LogP contribution in [0.2, 0.25) is 5.02 Å². The van der Waals surface area contributed by atoms with E-state index in [9.17, 15) is 14.0 Å². The van der Waals surface area contributed by atoms with Crippen LogP contribution in [0.5, 0.6) is 11.5 Å². The monoisotopic (exact) mass is 405 g/mol. The lowest BCUT2D eigenvalue weighted by atomic mass is 10.0. The molecular formula is C20H17ClFNO5. The number of amides is 1. The first-order valence-corrected chi connectivity index (χ1v) is 8.65. The van der Waals surface area contributed by atoms with Crippen LogP contribution >= 0.6 is 11.6 Å². The molecule has 0 atom stereocenters. The Kier molecular flexibility index (Phi) is 5.56. The minimum absolute atomic E-state index is 0.111. The number of fused-ring (bicyclic) bond motifs is 1. The Balaban J connectivity index is 1.96. The topological polar surface area (TPSA) is 77.8 Å². The number of ether oxygens (including phenoxy) is 2. The zero-order chi connectivity index (χ0) is 20.4. The van der Waals surface area contributed by atoms with E-state index in [2.05, 4.69) is 5.32 Å². The summed E-state index contributed by atoms with van der Waals surface area (Å²) in [5.41, 5.74) is 0.734. The number of nitrogens with one attached hydrogen (secondary N) is 1. The molecule has 0 saturated heterocycles. The van der Waals surface area contributed by atoms with Gasteiger partial charge in [-0.25, -0.2) is 9.18 Å². The fourth-order valence-corrected chi connectivity index (χ4v) is 3.09. The lowest BCUT2D eigenvalue weighted by molar-refractivity contribution is -0.115. The van der Waals surface area contributed by atoms with Crippen molar-refractivity contribution >= 4 is 34.2 Å². The maximum Gasteiger partial charge on any atom is 0.340 e. The largest absolute Gasteiger partial charge is 0.493 e. The summed E-state index contributed by atoms with van der Waals surface area (Å²) in [6.45, 7) is 1.72. The molecule has 3 aromatic rings. The molecule has 0 fully saturated rings. The van der Waals surface area contributed by atoms with Crippen LogP contribution in [0.3, 0.4) is 0 Å². The van der Waals surface area contributed by atoms with Gasteiger partial charge in [-0.1, -0.05) is 11.6 Å². The highest BCUT2D eigenvalue weighted by atomic mass is 35.5. The van der Waals surface area contributed by atoms with Crippen molar-refractivity contribution < 1.29 is 23.1 Å². The van der Waals surface area contributed by atoms with Crippen molar-refractivity contribution in [1.82, 2.24) is 0 Å². The van der Waals surface area contributed by atoms with Gasteiger partial charge in [0.15, 0.2) is 11.3 Å². The zero-order valence-electron chi connectivity index (χ0n) is 15.4. The Morgan fingerprint density at radius 1 is 1.21 bits per heavy atom. The number of anilines is 1. The number of carbonyl (C=O) groups is 1. The molecule has 0 unspecified atom stereocenters. The van der Waals surface area contributed by atoms with Crippen molar-refractivity contribution in [2.75, 3.05) is 19.5 Å². The maximum atomic E-state index is 13.2. The van der Waals surface area contributed by atoms with Crippen LogP contribution in [0.25, 0.3) is 11.0 Å². The molecule has 0 saturated carbocycles. The average molecular weight is 406 g/mol. The molecule has 0 aliphatic heterocycles. The minimum Gasteiger partial charge on any atom is -0.493 e. The Morgan fingerprint density at radius 3 is 2.61 bits per heavy atom. The van der Waals surface area contributed by atoms with Crippen LogP contribution in [-0.2, 0) is 11.2 Å². The van der Waals surface area contributed by atoms with Gasteiger partial charge in [-0.05, 0) is 42.8 Å². The third kappa shape index (κ3) is 3.66. The van der Waals surface area contributed by atoms with Crippen LogP contribution < -0.4 is 20.4 Å². The number of hydrogen-bond donors (Lipinski definition) is 1. The lowest BCUT2D eigenvalue weighted by Crippen LogP contribution is -2.20. The molecule has 0 aliphatic rings. The number of benzene rings is 2. The van der Waals surface area contributed by atoms with Crippen LogP contribution in [0.15, 0.2) is 39.5 Å². The average Bonchev–Trinajstić information content (AvgIpc) is 2.67. The van der Waals surface area contributed by atoms with Crippen LogP contribution in [-0.4, -0.2) is 20.1 Å². The van der Waals surface area contributed by atoms with Crippen LogP contribution in [0, 0.1) is 12.7 Å². The lowest BCUT2D eigenvalue weighted by Gasteiger charge is -2.13. The third-order valence-electron chi connectivity index (χ3n) is 4.34. The first kappa shape index (κ1) is 19.7. The highest BCUT2D eigenvalue weighted by molar-refractivity contribution is 6.31. The summed E-state index contributed by atoms with van der Waals surface area (Å²) >= 11 is 5.71. The summed E-state index contributed by atoms with van der Waals surface area (Å²) < 4.78 is 29.2. The summed E-state index contributed by atoms with van der Waals surface area (Å²) in [5, 5.41) is 3.11. The van der Waals surface area contributed by atoms with Crippen LogP contribution in [0.1, 0.15) is 11.1 Å². The molecule has 0 radical (unpaired) electrons. The molecule has 146 valence electrons. The van der Waals surface area contributed by atoms with Crippen molar-refractivity contribution in [2.45, 2.75) is 13.3 Å². The van der Waals surface area contributed by atoms with E-state index in [4.69, 9.17) is 25.5 Å². The minimum atomic E-state index is -0.649. The van der Waals surface area contributed by atoms with Crippen molar-refractivity contribution in [2.24, 2.45) is 0 Å². The predicted octanol–water partition coefficient (Wildman–Crippen LogP) is 4.09. The zero-order valence-corrected chi connectivity index (χ0v) is 16.1. The van der Waals surface area contributed by atoms with Gasteiger partial charge in [-0.2, -0.15) is 0 Å². The molecule has 0 bridgehead atoms. The Labute approximate surface area is 164 Å². The van der Waals surface area contributed by atoms with E-state index in [0.29, 0.717) is 28.1 Å². The second kappa shape index (κ2) is 7.90. The van der Waals surface area contributed by atoms with Crippen molar-refractivity contribution in [3.63, 3.8) is 0 Å². The standard InChI is InChI=1S/C20H17ClFNO5/c1-10-12-5-7-16(26-2)19(27-3)18(12)28-20(25)13(10)9-17(24)23-11-4-6-15(22)14(21)8-11/h4-8H,9H2,1-3H3,(H,23,24). The third-order valence-corrected chi connectivity index (χ3v) is 4.63. The van der Waals surface area contributed by atoms with Crippen molar-refractivity contribution in [3.05, 3.63) is 62.7 Å². The normalized spacial score (nSPS) is 10.8. The quantitative estimate of drug-likeness (QED) is 0.647. The summed E-state index contributed by atoms with van der Waals surface area (Å²) in [6, 6.07) is 7.25. The number of carbonyl (C=O) groups excluding carboxylic acids is 1. The summed E-state index contributed by atoms with van der Waals surface area (Å²) in [6.07, 6.45) is -0.215. The van der Waals surface area contributed by atoms with E-state index in [1.54, 1.807) is 19.1 Å². The molecule has 0 aliphatic carbocycles. The number of halogens is 2. The smallest absolute Gasteiger partial charge is 0.340 e. The van der Waals surface area contributed by atoms with Gasteiger partial charge >= 0.3 is 5.63 Å². The fourth-order valence-electron chi connectivity index (χ4n) is 2.91. The molecule has 1 aromatic heterocycles. The molecule has 0 spiro atoms. The fraction of sp³-hybridized carbons (Fsp3) is 0.200. The highest BCUT2D eigenvalue weighted by Crippen LogP contribution is 2.36. The van der Waals surface area contributed by atoms with E-state index >= 15 is 0 Å². The molecule has 1 heterocycles. The molecule has 6 nitrogen and oxygen atoms in total. The number of methoxy groups -OCH3 is 2. The van der Waals surface area contributed by atoms with Gasteiger partial charge in [0.25, 0.3) is 0 Å². The van der Waals surface area contributed by atoms with Gasteiger partial charge in [0.2, 0.25) is 11.7 Å². The molecule has 1 amide bonds. The Morgan fingerprint density at radius 2 is 1.96 bits per heavy atom. The summed E-state index contributed by atoms with van der Waals surface area (Å²) in [4.78, 5) is 24.9. The first-order chi connectivity index (χ1) is 13.3. The molecule has 28 heavy (non-hydrogen) atoms. The van der Waals surface area contributed by atoms with Crippen LogP contribution in [0.4, 0.5) is 10.1 Å². The summed E-state index contributed by atoms with van der Waals surface area (Å²) in [5.74, 6) is -0.318. The van der Waals surface area contributed by atoms with E-state index < -0.39 is 17.3 Å². The van der Waals surface area contributed by atoms with Gasteiger partial charge in [0, 0.05) is 11.1 Å². The van der Waals surface area contributed by atoms with Gasteiger partial charge in [-0.3, -0.25) is 4.79 Å². The molecule has 2 aromatic carbocycles. The van der Waals surface area contributed by atoms with Crippen molar-refractivity contribution in [3.8, 4) is 11.5 Å². The molecule has 3 rings (SSSR count). The van der Waals surface area contributed by atoms with Crippen molar-refractivity contribution in [1.29, 1.82) is 0 Å². The van der Waals surface area contributed by atoms with Gasteiger partial charge in [-0.15, -0.1) is 0 Å². The van der Waals surface area contributed by atoms with E-state index in [1.165, 1.54) is 26.4 Å². The second-order valence-corrected chi connectivity index (χ2v) is 6.43. The molecule has 1 N–H and O–H groups in total. The van der Waals surface area contributed by atoms with Gasteiger partial charge in [0.05, 0.1) is 31.2 Å². The van der Waals surface area contributed by atoms with E-state index in [0.717, 1.165) is 6.07 Å². The second-order valence-electron chi connectivity index (χ2n) is 6.02. The number of rotatable bonds is 5. The molecule has 8 heteroatoms. The highest BCUT2D eigenvalue weighted by Gasteiger charge is 2.19. The maximum absolute atomic E-state index is 13.2. The van der Waals surface area contributed by atoms with E-state index in [-0.39, 0.29) is 22.6 Å².